The number of rotatable bonds is 13. The molecule has 3 aliphatic heterocycles. The van der Waals surface area contributed by atoms with Crippen molar-refractivity contribution in [3.8, 4) is 0 Å². The molecule has 3 heterocycles. The van der Waals surface area contributed by atoms with Crippen LogP contribution in [-0.2, 0) is 57.5 Å². The molecule has 3 unspecified atom stereocenters. The highest BCUT2D eigenvalue weighted by atomic mass is 35.5. The molecule has 3 N–H and O–H groups in total. The number of likely N-dealkylation sites (N-methyl/N-ethyl adjacent to an activating group) is 6. The molecule has 3 saturated heterocycles. The summed E-state index contributed by atoms with van der Waals surface area (Å²) in [6, 6.07) is -9.79. The quantitative estimate of drug-likeness (QED) is 0.154. The van der Waals surface area contributed by atoms with Crippen LogP contribution in [0, 0.1) is 41.4 Å². The molecule has 11 amide bonds. The van der Waals surface area contributed by atoms with E-state index in [4.69, 9.17) is 16.3 Å². The van der Waals surface area contributed by atoms with Crippen molar-refractivity contribution in [3.63, 3.8) is 0 Å². The van der Waals surface area contributed by atoms with Gasteiger partial charge >= 0.3 is 6.18 Å². The number of nitrogens with one attached hydrogen (secondary N) is 3. The van der Waals surface area contributed by atoms with Crippen molar-refractivity contribution in [1.82, 2.24) is 55.1 Å². The van der Waals surface area contributed by atoms with Crippen molar-refractivity contribution in [2.45, 2.75) is 288 Å². The maximum atomic E-state index is 15.5. The maximum absolute atomic E-state index is 15.5. The van der Waals surface area contributed by atoms with Crippen molar-refractivity contribution in [3.05, 3.63) is 0 Å². The highest BCUT2D eigenvalue weighted by Gasteiger charge is 2.54. The molecular weight excluding hydrogens is 1320 g/mol. The number of carbonyl (C=O) groups excluding carboxylic acids is 11. The fourth-order valence-corrected chi connectivity index (χ4v) is 17.1. The van der Waals surface area contributed by atoms with E-state index < -0.39 is 161 Å². The standard InChI is InChI=1S/C73H119ClF3N11O12/c1-15-45(7)61-69(97)83(12)47(9)65(93)87-35-32-55(87)68(96)86(16-2)58(39-49-26-24-44(6)25-27-49)67(95)81(10)42-59(89)78-54(31-29-48-28-30-52(53(74)38-48)73(75,76)77)66(94)88-41-51(100-17-3)40-57(88)64(92)80-72(33-21-34-72)71(99)85(14)62(50-22-19-18-20-23-50)70(98)82(11)46(8)37-60(90)84(13)56(36-43(4)5)63(91)79-61/h43-58,61-62H,15-42H2,1-14H3,(H,78,89)(H,79,91)(H,80,92)/t44?,45-,46+,47-,48?,49?,51+,52?,53?,54-,55-,56-,57-,58-,61-,62-/m0/s1. The summed E-state index contributed by atoms with van der Waals surface area (Å²) < 4.78 is 48.3. The minimum absolute atomic E-state index is 0.00154. The van der Waals surface area contributed by atoms with Crippen molar-refractivity contribution < 1.29 is 70.6 Å². The first kappa shape index (κ1) is 81.5. The highest BCUT2D eigenvalue weighted by Crippen LogP contribution is 2.44. The maximum Gasteiger partial charge on any atom is 0.393 e. The molecule has 100 heavy (non-hydrogen) atoms. The lowest BCUT2D eigenvalue weighted by molar-refractivity contribution is -0.182. The molecule has 0 radical (unpaired) electrons. The molecule has 7 rings (SSSR count). The van der Waals surface area contributed by atoms with Crippen LogP contribution < -0.4 is 16.0 Å². The molecule has 23 nitrogen and oxygen atoms in total. The summed E-state index contributed by atoms with van der Waals surface area (Å²) in [5, 5.41) is 7.69. The van der Waals surface area contributed by atoms with Gasteiger partial charge in [0, 0.05) is 85.7 Å². The van der Waals surface area contributed by atoms with Crippen molar-refractivity contribution in [2.24, 2.45) is 41.4 Å². The second-order valence-electron chi connectivity index (χ2n) is 31.2. The van der Waals surface area contributed by atoms with Crippen LogP contribution in [0.1, 0.15) is 210 Å². The first-order valence-corrected chi connectivity index (χ1v) is 38.0. The zero-order valence-electron chi connectivity index (χ0n) is 62.2. The van der Waals surface area contributed by atoms with Gasteiger partial charge in [-0.05, 0) is 147 Å². The predicted molar refractivity (Wildman–Crippen MR) is 372 cm³/mol. The van der Waals surface area contributed by atoms with Gasteiger partial charge in [0.05, 0.1) is 18.6 Å². The Hall–Kier alpha value is -5.79. The van der Waals surface area contributed by atoms with E-state index in [1.165, 1.54) is 60.3 Å². The number of carbonyl (C=O) groups is 11. The normalized spacial score (nSPS) is 33.1. The van der Waals surface area contributed by atoms with E-state index in [2.05, 4.69) is 22.9 Å². The fraction of sp³-hybridized carbons (Fsp3) is 0.849. The molecule has 566 valence electrons. The Kier molecular flexibility index (Phi) is 29.0. The lowest BCUT2D eigenvalue weighted by Crippen LogP contribution is -2.68. The molecule has 27 heteroatoms. The predicted octanol–water partition coefficient (Wildman–Crippen LogP) is 7.28. The van der Waals surface area contributed by atoms with E-state index in [9.17, 15) is 37.1 Å². The SMILES string of the molecule is CCO[C@@H]1C[C@H]2C(=O)NC3(CCC3)C(=O)N(C)[C@@H](C3CCCCC3)C(=O)N(C)[C@H](C)CC(=O)N(C)[C@@H](CC(C)C)C(=O)N[C@@H]([C@@H](C)CC)C(=O)N(C)[C@@H](C)C(=O)N3CC[C@H]3C(=O)N(CC)[C@@H](CC3CCC(C)CC3)C(=O)N(C)CC(=O)N[C@@H](CCC3CCC(C(F)(F)F)C(Cl)C3)C(=O)N2C1. The van der Waals surface area contributed by atoms with Crippen LogP contribution in [-0.4, -0.2) is 250 Å². The minimum Gasteiger partial charge on any atom is -0.377 e. The van der Waals surface area contributed by atoms with Gasteiger partial charge < -0.3 is 59.9 Å². The topological polar surface area (TPSA) is 259 Å². The van der Waals surface area contributed by atoms with Crippen molar-refractivity contribution in [2.75, 3.05) is 68.0 Å². The number of halogens is 4. The molecule has 0 bridgehead atoms. The zero-order chi connectivity index (χ0) is 74.0. The first-order valence-electron chi connectivity index (χ1n) is 37.6. The van der Waals surface area contributed by atoms with Gasteiger partial charge in [-0.25, -0.2) is 0 Å². The van der Waals surface area contributed by atoms with Crippen LogP contribution in [0.5, 0.6) is 0 Å². The molecule has 4 aliphatic carbocycles. The summed E-state index contributed by atoms with van der Waals surface area (Å²) >= 11 is 6.44. The third kappa shape index (κ3) is 19.3. The third-order valence-corrected chi connectivity index (χ3v) is 24.3. The highest BCUT2D eigenvalue weighted by molar-refractivity contribution is 6.20. The van der Waals surface area contributed by atoms with E-state index in [0.29, 0.717) is 31.6 Å². The molecular formula is C73H119ClF3N11O12. The van der Waals surface area contributed by atoms with Crippen LogP contribution >= 0.6 is 11.6 Å². The zero-order valence-corrected chi connectivity index (χ0v) is 62.9. The van der Waals surface area contributed by atoms with Gasteiger partial charge in [0.1, 0.15) is 53.9 Å². The lowest BCUT2D eigenvalue weighted by atomic mass is 9.74. The van der Waals surface area contributed by atoms with Crippen LogP contribution in [0.2, 0.25) is 0 Å². The van der Waals surface area contributed by atoms with Gasteiger partial charge in [0.25, 0.3) is 0 Å². The summed E-state index contributed by atoms with van der Waals surface area (Å²) in [7, 11) is 7.58. The summed E-state index contributed by atoms with van der Waals surface area (Å²) in [5.74, 6) is -8.61. The molecule has 0 aromatic heterocycles. The largest absolute Gasteiger partial charge is 0.393 e. The number of nitrogens with zero attached hydrogens (tertiary/aromatic N) is 8. The van der Waals surface area contributed by atoms with Gasteiger partial charge in [-0.15, -0.1) is 11.6 Å². The Balaban J connectivity index is 1.28. The van der Waals surface area contributed by atoms with Crippen molar-refractivity contribution in [1.29, 1.82) is 0 Å². The van der Waals surface area contributed by atoms with E-state index in [1.807, 2.05) is 27.7 Å². The van der Waals surface area contributed by atoms with Gasteiger partial charge in [0.15, 0.2) is 0 Å². The Morgan fingerprint density at radius 1 is 0.640 bits per heavy atom. The Morgan fingerprint density at radius 2 is 1.29 bits per heavy atom. The Labute approximate surface area is 596 Å². The van der Waals surface area contributed by atoms with E-state index in [-0.39, 0.29) is 127 Å². The van der Waals surface area contributed by atoms with Gasteiger partial charge in [-0.3, -0.25) is 52.7 Å². The minimum atomic E-state index is -4.51. The summed E-state index contributed by atoms with van der Waals surface area (Å²) in [6.45, 7) is 16.2. The van der Waals surface area contributed by atoms with E-state index in [1.54, 1.807) is 41.8 Å². The molecule has 7 aliphatic rings. The number of ether oxygens (including phenoxy) is 1. The second-order valence-corrected chi connectivity index (χ2v) is 31.8. The molecule has 0 aromatic carbocycles. The van der Waals surface area contributed by atoms with E-state index >= 15 is 28.8 Å². The van der Waals surface area contributed by atoms with Crippen LogP contribution in [0.4, 0.5) is 13.2 Å². The smallest absolute Gasteiger partial charge is 0.377 e. The summed E-state index contributed by atoms with van der Waals surface area (Å²) in [4.78, 5) is 177. The van der Waals surface area contributed by atoms with Crippen LogP contribution in [0.15, 0.2) is 0 Å². The van der Waals surface area contributed by atoms with Crippen LogP contribution in [0.3, 0.4) is 0 Å². The molecule has 1 spiro atoms. The average Bonchev–Trinajstić information content (AvgIpc) is 1.08. The Bertz CT molecular complexity index is 2890. The summed E-state index contributed by atoms with van der Waals surface area (Å²) in [6.07, 6.45) is 4.03. The monoisotopic (exact) mass is 1430 g/mol. The molecule has 7 fully saturated rings. The van der Waals surface area contributed by atoms with Gasteiger partial charge in [-0.2, -0.15) is 13.2 Å². The third-order valence-electron chi connectivity index (χ3n) is 23.8. The number of amides is 11. The summed E-state index contributed by atoms with van der Waals surface area (Å²) in [5.41, 5.74) is -1.49. The number of hydrogen-bond acceptors (Lipinski definition) is 12. The van der Waals surface area contributed by atoms with Gasteiger partial charge in [-0.1, -0.05) is 86.0 Å². The number of fused-ring (bicyclic) bond motifs is 2. The fourth-order valence-electron chi connectivity index (χ4n) is 16.6. The average molecular weight is 1440 g/mol. The van der Waals surface area contributed by atoms with Crippen molar-refractivity contribution >= 4 is 76.6 Å². The van der Waals surface area contributed by atoms with Gasteiger partial charge in [0.2, 0.25) is 65.0 Å². The lowest BCUT2D eigenvalue weighted by Gasteiger charge is -2.47. The number of alkyl halides is 4. The van der Waals surface area contributed by atoms with E-state index in [0.717, 1.165) is 44.9 Å². The Morgan fingerprint density at radius 3 is 1.85 bits per heavy atom. The molecule has 0 aromatic rings. The first-order chi connectivity index (χ1) is 47.1. The number of hydrogen-bond donors (Lipinski definition) is 3. The molecule has 14 atom stereocenters. The second kappa shape index (κ2) is 35.6. The van der Waals surface area contributed by atoms with Crippen LogP contribution in [0.25, 0.3) is 0 Å². The molecule has 4 saturated carbocycles.